The fourth-order valence-electron chi connectivity index (χ4n) is 16.7. The SMILES string of the molecule is CCCCCCCCCCCCCCCC(=O)OC(CCCCCCCCCCC)CC(=O)NC1[C@H](O)OC(CO[C@@H]2OC(CO)[C@@H](OP(=O)(O)O)[C@H](OC(=O)CC(CCCCCCCCCCC)OC(=O)CCCCCCCCCCCCC)C2NC(=O)CC(CCCCCCCCCCC)OC(=O)CCCCCCCCCCC)[C@@H](O)[C@@H]1O. The number of carbonyl (C=O) groups is 6. The second-order valence-corrected chi connectivity index (χ2v) is 36.7. The van der Waals surface area contributed by atoms with E-state index in [0.717, 1.165) is 173 Å². The van der Waals surface area contributed by atoms with E-state index in [4.69, 9.17) is 37.7 Å². The van der Waals surface area contributed by atoms with Gasteiger partial charge in [-0.05, 0) is 57.8 Å². The summed E-state index contributed by atoms with van der Waals surface area (Å²) < 4.78 is 61.4. The molecule has 24 heteroatoms. The van der Waals surface area contributed by atoms with Crippen LogP contribution >= 0.6 is 7.82 Å². The number of amides is 2. The topological polar surface area (TPSA) is 339 Å². The Labute approximate surface area is 729 Å². The lowest BCUT2D eigenvalue weighted by Crippen LogP contribution is -2.67. The lowest BCUT2D eigenvalue weighted by atomic mass is 9.95. The number of hydrogen-bond donors (Lipinski definition) is 8. The summed E-state index contributed by atoms with van der Waals surface area (Å²) in [6, 6.07) is -3.37. The molecule has 0 radical (unpaired) electrons. The van der Waals surface area contributed by atoms with Gasteiger partial charge in [0.05, 0.1) is 32.5 Å². The number of unbranched alkanes of at least 4 members (excludes halogenated alkanes) is 54. The summed E-state index contributed by atoms with van der Waals surface area (Å²) in [6.45, 7) is 11.4. The third-order valence-electron chi connectivity index (χ3n) is 24.1. The van der Waals surface area contributed by atoms with Crippen molar-refractivity contribution < 1.29 is 101 Å². The minimum atomic E-state index is -5.58. The Morgan fingerprint density at radius 2 is 0.608 bits per heavy atom. The third kappa shape index (κ3) is 60.3. The Bertz CT molecular complexity index is 2510. The molecule has 2 saturated heterocycles. The fraction of sp³-hybridized carbons (Fsp3) is 0.938. The van der Waals surface area contributed by atoms with Crippen molar-refractivity contribution in [2.75, 3.05) is 13.2 Å². The van der Waals surface area contributed by atoms with Gasteiger partial charge in [-0.2, -0.15) is 0 Å². The monoisotopic (exact) mass is 1730 g/mol. The van der Waals surface area contributed by atoms with Crippen LogP contribution in [0, 0.1) is 0 Å². The molecule has 0 aromatic rings. The average Bonchev–Trinajstić information content (AvgIpc) is 0.777. The highest BCUT2D eigenvalue weighted by molar-refractivity contribution is 7.46. The van der Waals surface area contributed by atoms with Crippen LogP contribution in [0.2, 0.25) is 0 Å². The van der Waals surface area contributed by atoms with Crippen LogP contribution in [0.1, 0.15) is 485 Å². The van der Waals surface area contributed by atoms with E-state index >= 15 is 0 Å². The Morgan fingerprint density at radius 3 is 0.900 bits per heavy atom. The van der Waals surface area contributed by atoms with E-state index in [1.165, 1.54) is 173 Å². The van der Waals surface area contributed by atoms with E-state index in [1.54, 1.807) is 0 Å². The number of ether oxygens (including phenoxy) is 7. The number of rotatable bonds is 84. The summed E-state index contributed by atoms with van der Waals surface area (Å²) in [4.78, 5) is 106. The Kier molecular flexibility index (Phi) is 72.2. The maximum Gasteiger partial charge on any atom is 0.470 e. The molecule has 2 aliphatic heterocycles. The van der Waals surface area contributed by atoms with E-state index < -0.39 is 149 Å². The lowest BCUT2D eigenvalue weighted by molar-refractivity contribution is -0.297. The van der Waals surface area contributed by atoms with Crippen molar-refractivity contribution in [3.8, 4) is 0 Å². The molecule has 0 bridgehead atoms. The first-order valence-corrected chi connectivity index (χ1v) is 51.4. The summed E-state index contributed by atoms with van der Waals surface area (Å²) in [5.74, 6) is -3.84. The Hall–Kier alpha value is -3.35. The van der Waals surface area contributed by atoms with Crippen LogP contribution in [0.4, 0.5) is 0 Å². The number of aliphatic hydroxyl groups is 4. The molecule has 13 atom stereocenters. The molecular formula is C96H181N2O21P. The molecule has 0 aromatic carbocycles. The molecule has 2 rings (SSSR count). The summed E-state index contributed by atoms with van der Waals surface area (Å²) >= 11 is 0. The van der Waals surface area contributed by atoms with Crippen molar-refractivity contribution in [2.45, 2.75) is 564 Å². The number of phosphoric acid groups is 1. The average molecular weight is 1730 g/mol. The van der Waals surface area contributed by atoms with E-state index in [9.17, 15) is 63.5 Å². The van der Waals surface area contributed by atoms with Gasteiger partial charge in [0.25, 0.3) is 0 Å². The molecule has 0 aromatic heterocycles. The second kappa shape index (κ2) is 76.8. The molecule has 706 valence electrons. The number of esters is 4. The first-order chi connectivity index (χ1) is 58.2. The predicted octanol–water partition coefficient (Wildman–Crippen LogP) is 22.3. The fourth-order valence-corrected chi connectivity index (χ4v) is 17.3. The molecule has 2 fully saturated rings. The molecule has 2 aliphatic rings. The van der Waals surface area contributed by atoms with Gasteiger partial charge in [-0.1, -0.05) is 388 Å². The molecule has 0 aliphatic carbocycles. The van der Waals surface area contributed by atoms with Crippen LogP contribution < -0.4 is 10.6 Å². The molecule has 2 amide bonds. The van der Waals surface area contributed by atoms with Crippen LogP contribution in [0.5, 0.6) is 0 Å². The van der Waals surface area contributed by atoms with E-state index in [0.29, 0.717) is 51.4 Å². The highest BCUT2D eigenvalue weighted by Crippen LogP contribution is 2.43. The largest absolute Gasteiger partial charge is 0.470 e. The normalized spacial score (nSPS) is 20.2. The Balaban J connectivity index is 2.56. The first kappa shape index (κ1) is 113. The van der Waals surface area contributed by atoms with Crippen LogP contribution in [0.15, 0.2) is 0 Å². The highest BCUT2D eigenvalue weighted by atomic mass is 31.2. The standard InChI is InChI=1S/C96H181N2O21P/c1-7-13-19-25-31-37-39-40-42-48-54-59-65-70-85(102)113-78(67-61-55-49-43-33-27-21-15-9-3)73-83(100)97-89-92(107)91(106)82(116-95(89)108)77-112-96-90(98-84(101)74-79(68-62-56-50-44-34-28-22-16-10-4)114-86(103)71-64-58-52-46-36-30-24-18-12-6)94(93(81(76-99)117-96)119-120(109,110)111)118-88(105)75-80(69-63-57-51-45-35-29-23-17-11-5)115-87(104)72-66-60-53-47-41-38-32-26-20-14-8-2/h78-82,89-96,99,106-108H,7-77H2,1-6H3,(H,97,100)(H,98,101)(H2,109,110,111)/t78?,79?,80?,81?,82?,89?,90?,91-,92-,93-,94-,95-,96-/m1/s1. The number of aliphatic hydroxyl groups excluding tert-OH is 4. The van der Waals surface area contributed by atoms with Gasteiger partial charge in [-0.3, -0.25) is 33.3 Å². The van der Waals surface area contributed by atoms with Crippen LogP contribution in [0.3, 0.4) is 0 Å². The van der Waals surface area contributed by atoms with Crippen LogP contribution in [-0.2, 0) is 71.0 Å². The van der Waals surface area contributed by atoms with Gasteiger partial charge in [-0.15, -0.1) is 0 Å². The maximum absolute atomic E-state index is 15.0. The minimum absolute atomic E-state index is 0.124. The molecule has 2 heterocycles. The van der Waals surface area contributed by atoms with Crippen molar-refractivity contribution in [3.63, 3.8) is 0 Å². The molecule has 8 N–H and O–H groups in total. The van der Waals surface area contributed by atoms with Gasteiger partial charge >= 0.3 is 31.7 Å². The van der Waals surface area contributed by atoms with Crippen LogP contribution in [0.25, 0.3) is 0 Å². The third-order valence-corrected chi connectivity index (χ3v) is 24.6. The predicted molar refractivity (Wildman–Crippen MR) is 478 cm³/mol. The van der Waals surface area contributed by atoms with Crippen LogP contribution in [-0.4, -0.2) is 159 Å². The van der Waals surface area contributed by atoms with Gasteiger partial charge in [0, 0.05) is 19.3 Å². The van der Waals surface area contributed by atoms with Crippen molar-refractivity contribution in [2.24, 2.45) is 0 Å². The van der Waals surface area contributed by atoms with Gasteiger partial charge in [0.1, 0.15) is 60.9 Å². The summed E-state index contributed by atoms with van der Waals surface area (Å²) in [6.07, 6.45) is 46.8. The summed E-state index contributed by atoms with van der Waals surface area (Å²) in [5.41, 5.74) is 0. The lowest BCUT2D eigenvalue weighted by Gasteiger charge is -2.46. The number of nitrogens with one attached hydrogen (secondary N) is 2. The zero-order chi connectivity index (χ0) is 87.7. The van der Waals surface area contributed by atoms with E-state index in [2.05, 4.69) is 52.2 Å². The highest BCUT2D eigenvalue weighted by Gasteiger charge is 2.53. The number of carbonyl (C=O) groups excluding carboxylic acids is 6. The molecule has 0 saturated carbocycles. The van der Waals surface area contributed by atoms with E-state index in [-0.39, 0.29) is 32.1 Å². The molecule has 23 nitrogen and oxygen atoms in total. The molecular weight excluding hydrogens is 1550 g/mol. The van der Waals surface area contributed by atoms with Gasteiger partial charge in [0.2, 0.25) is 11.8 Å². The van der Waals surface area contributed by atoms with E-state index in [1.807, 2.05) is 0 Å². The van der Waals surface area contributed by atoms with Crippen molar-refractivity contribution in [1.29, 1.82) is 0 Å². The maximum atomic E-state index is 15.0. The van der Waals surface area contributed by atoms with Gasteiger partial charge in [0.15, 0.2) is 18.7 Å². The first-order valence-electron chi connectivity index (χ1n) is 49.9. The number of hydrogen-bond acceptors (Lipinski definition) is 19. The number of phosphoric ester groups is 1. The molecule has 0 spiro atoms. The summed E-state index contributed by atoms with van der Waals surface area (Å²) in [7, 11) is -5.58. The quantitative estimate of drug-likeness (QED) is 0.0121. The Morgan fingerprint density at radius 1 is 0.333 bits per heavy atom. The van der Waals surface area contributed by atoms with Crippen molar-refractivity contribution in [1.82, 2.24) is 10.6 Å². The molecule has 7 unspecified atom stereocenters. The van der Waals surface area contributed by atoms with Crippen molar-refractivity contribution in [3.05, 3.63) is 0 Å². The van der Waals surface area contributed by atoms with Crippen molar-refractivity contribution >= 4 is 43.5 Å². The zero-order valence-corrected chi connectivity index (χ0v) is 77.9. The second-order valence-electron chi connectivity index (χ2n) is 35.5. The van der Waals surface area contributed by atoms with Gasteiger partial charge < -0.3 is 74.0 Å². The summed E-state index contributed by atoms with van der Waals surface area (Å²) in [5, 5.41) is 51.8. The molecule has 120 heavy (non-hydrogen) atoms. The van der Waals surface area contributed by atoms with Gasteiger partial charge in [-0.25, -0.2) is 4.57 Å². The minimum Gasteiger partial charge on any atom is -0.462 e. The zero-order valence-electron chi connectivity index (χ0n) is 77.0. The smallest absolute Gasteiger partial charge is 0.462 e.